The summed E-state index contributed by atoms with van der Waals surface area (Å²) in [5.41, 5.74) is 2.45. The van der Waals surface area contributed by atoms with Crippen LogP contribution in [0.4, 0.5) is 0 Å². The largest absolute Gasteiger partial charge is 0.478 e. The lowest BCUT2D eigenvalue weighted by molar-refractivity contribution is 0.0697. The number of aromatic carboxylic acids is 1. The van der Waals surface area contributed by atoms with Gasteiger partial charge >= 0.3 is 5.97 Å². The number of oxazole rings is 1. The van der Waals surface area contributed by atoms with Crippen molar-refractivity contribution in [2.45, 2.75) is 6.92 Å². The smallest absolute Gasteiger partial charge is 0.335 e. The average molecular weight is 338 g/mol. The topological polar surface area (TPSA) is 63.3 Å². The van der Waals surface area contributed by atoms with E-state index in [1.165, 1.54) is 23.5 Å². The van der Waals surface area contributed by atoms with E-state index in [-0.39, 0.29) is 5.56 Å². The fourth-order valence-electron chi connectivity index (χ4n) is 1.73. The minimum Gasteiger partial charge on any atom is -0.478 e. The summed E-state index contributed by atoms with van der Waals surface area (Å²) in [6, 6.07) is 6.65. The molecule has 1 N–H and O–H groups in total. The Morgan fingerprint density at radius 2 is 2.21 bits per heavy atom. The number of aromatic nitrogens is 1. The van der Waals surface area contributed by atoms with E-state index < -0.39 is 5.97 Å². The maximum Gasteiger partial charge on any atom is 0.335 e. The van der Waals surface area contributed by atoms with Crippen molar-refractivity contribution in [3.8, 4) is 10.8 Å². The predicted molar refractivity (Wildman–Crippen MR) is 76.7 cm³/mol. The van der Waals surface area contributed by atoms with Crippen LogP contribution < -0.4 is 0 Å². The molecule has 96 valence electrons. The fourth-order valence-corrected chi connectivity index (χ4v) is 3.19. The van der Waals surface area contributed by atoms with E-state index in [9.17, 15) is 4.79 Å². The standard InChI is InChI=1S/C13H8BrNO3S/c1-6-4-10(19-11(6)14)12-15-8-3-2-7(13(16)17)5-9(8)18-12/h2-5H,1H3,(H,16,17). The molecule has 0 bridgehead atoms. The van der Waals surface area contributed by atoms with Gasteiger partial charge in [0.2, 0.25) is 5.89 Å². The third-order valence-corrected chi connectivity index (χ3v) is 4.83. The third-order valence-electron chi connectivity index (χ3n) is 2.70. The molecule has 3 aromatic rings. The molecule has 4 nitrogen and oxygen atoms in total. The molecule has 2 aromatic heterocycles. The van der Waals surface area contributed by atoms with Gasteiger partial charge < -0.3 is 9.52 Å². The minimum absolute atomic E-state index is 0.193. The first kappa shape index (κ1) is 12.4. The molecule has 1 aromatic carbocycles. The van der Waals surface area contributed by atoms with Gasteiger partial charge in [-0.15, -0.1) is 11.3 Å². The van der Waals surface area contributed by atoms with Gasteiger partial charge in [-0.25, -0.2) is 9.78 Å². The first-order chi connectivity index (χ1) is 9.04. The Bertz CT molecular complexity index is 771. The fraction of sp³-hybridized carbons (Fsp3) is 0.0769. The van der Waals surface area contributed by atoms with Crippen LogP contribution in [-0.2, 0) is 0 Å². The number of rotatable bonds is 2. The molecule has 6 heteroatoms. The second-order valence-electron chi connectivity index (χ2n) is 4.07. The van der Waals surface area contributed by atoms with Crippen LogP contribution in [0.2, 0.25) is 0 Å². The van der Waals surface area contributed by atoms with Gasteiger partial charge in [-0.3, -0.25) is 0 Å². The Morgan fingerprint density at radius 3 is 2.84 bits per heavy atom. The molecule has 0 fully saturated rings. The van der Waals surface area contributed by atoms with Gasteiger partial charge in [0.15, 0.2) is 5.58 Å². The Balaban J connectivity index is 2.13. The van der Waals surface area contributed by atoms with Crippen LogP contribution in [0.1, 0.15) is 15.9 Å². The van der Waals surface area contributed by atoms with E-state index in [4.69, 9.17) is 9.52 Å². The summed E-state index contributed by atoms with van der Waals surface area (Å²) in [7, 11) is 0. The highest BCUT2D eigenvalue weighted by Gasteiger charge is 2.13. The van der Waals surface area contributed by atoms with Crippen LogP contribution in [0.3, 0.4) is 0 Å². The number of fused-ring (bicyclic) bond motifs is 1. The number of thiophene rings is 1. The maximum absolute atomic E-state index is 10.9. The quantitative estimate of drug-likeness (QED) is 0.756. The molecule has 2 heterocycles. The van der Waals surface area contributed by atoms with E-state index >= 15 is 0 Å². The molecular formula is C13H8BrNO3S. The summed E-state index contributed by atoms with van der Waals surface area (Å²) in [5.74, 6) is -0.467. The highest BCUT2D eigenvalue weighted by molar-refractivity contribution is 9.11. The number of carboxylic acids is 1. The molecule has 0 unspecified atom stereocenters. The summed E-state index contributed by atoms with van der Waals surface area (Å²) >= 11 is 5.00. The van der Waals surface area contributed by atoms with Crippen molar-refractivity contribution in [1.29, 1.82) is 0 Å². The van der Waals surface area contributed by atoms with E-state index in [0.29, 0.717) is 17.0 Å². The van der Waals surface area contributed by atoms with Crippen molar-refractivity contribution >= 4 is 44.3 Å². The van der Waals surface area contributed by atoms with Crippen LogP contribution in [0, 0.1) is 6.92 Å². The third kappa shape index (κ3) is 2.17. The molecule has 0 aliphatic carbocycles. The van der Waals surface area contributed by atoms with Crippen molar-refractivity contribution < 1.29 is 14.3 Å². The van der Waals surface area contributed by atoms with Gasteiger partial charge in [-0.2, -0.15) is 0 Å². The molecule has 0 aliphatic rings. The van der Waals surface area contributed by atoms with Crippen LogP contribution in [-0.4, -0.2) is 16.1 Å². The van der Waals surface area contributed by atoms with Crippen molar-refractivity contribution in [2.24, 2.45) is 0 Å². The van der Waals surface area contributed by atoms with Crippen molar-refractivity contribution in [3.63, 3.8) is 0 Å². The number of hydrogen-bond donors (Lipinski definition) is 1. The van der Waals surface area contributed by atoms with Crippen LogP contribution in [0.5, 0.6) is 0 Å². The minimum atomic E-state index is -0.977. The Labute approximate surface area is 120 Å². The van der Waals surface area contributed by atoms with Gasteiger partial charge in [0, 0.05) is 0 Å². The van der Waals surface area contributed by atoms with Gasteiger partial charge in [0.05, 0.1) is 14.2 Å². The van der Waals surface area contributed by atoms with Gasteiger partial charge in [-0.1, -0.05) is 0 Å². The maximum atomic E-state index is 10.9. The van der Waals surface area contributed by atoms with Crippen LogP contribution >= 0.6 is 27.3 Å². The van der Waals surface area contributed by atoms with Crippen LogP contribution in [0.25, 0.3) is 21.9 Å². The Morgan fingerprint density at radius 1 is 1.42 bits per heavy atom. The van der Waals surface area contributed by atoms with Crippen LogP contribution in [0.15, 0.2) is 32.5 Å². The molecule has 0 radical (unpaired) electrons. The van der Waals surface area contributed by atoms with E-state index in [1.807, 2.05) is 13.0 Å². The Hall–Kier alpha value is -1.66. The summed E-state index contributed by atoms with van der Waals surface area (Å²) in [6.45, 7) is 2.00. The number of carbonyl (C=O) groups is 1. The predicted octanol–water partition coefficient (Wildman–Crippen LogP) is 4.33. The number of benzene rings is 1. The lowest BCUT2D eigenvalue weighted by atomic mass is 10.2. The number of halogens is 1. The average Bonchev–Trinajstić information content (AvgIpc) is 2.92. The zero-order chi connectivity index (χ0) is 13.6. The number of aryl methyl sites for hydroxylation is 1. The lowest BCUT2D eigenvalue weighted by Crippen LogP contribution is -1.94. The zero-order valence-electron chi connectivity index (χ0n) is 9.81. The molecule has 0 spiro atoms. The molecule has 19 heavy (non-hydrogen) atoms. The number of hydrogen-bond acceptors (Lipinski definition) is 4. The second-order valence-corrected chi connectivity index (χ2v) is 6.44. The zero-order valence-corrected chi connectivity index (χ0v) is 12.2. The lowest BCUT2D eigenvalue weighted by Gasteiger charge is -1.91. The molecule has 0 atom stereocenters. The van der Waals surface area contributed by atoms with Crippen molar-refractivity contribution in [2.75, 3.05) is 0 Å². The van der Waals surface area contributed by atoms with Gasteiger partial charge in [-0.05, 0) is 52.7 Å². The SMILES string of the molecule is Cc1cc(-c2nc3ccc(C(=O)O)cc3o2)sc1Br. The number of nitrogens with zero attached hydrogens (tertiary/aromatic N) is 1. The summed E-state index contributed by atoms with van der Waals surface area (Å²) in [5, 5.41) is 8.94. The first-order valence-electron chi connectivity index (χ1n) is 5.45. The molecule has 0 amide bonds. The summed E-state index contributed by atoms with van der Waals surface area (Å²) in [6.07, 6.45) is 0. The monoisotopic (exact) mass is 337 g/mol. The van der Waals surface area contributed by atoms with E-state index in [2.05, 4.69) is 20.9 Å². The normalized spacial score (nSPS) is 11.1. The molecular weight excluding hydrogens is 330 g/mol. The highest BCUT2D eigenvalue weighted by atomic mass is 79.9. The van der Waals surface area contributed by atoms with Crippen molar-refractivity contribution in [1.82, 2.24) is 4.98 Å². The highest BCUT2D eigenvalue weighted by Crippen LogP contribution is 2.35. The van der Waals surface area contributed by atoms with Gasteiger partial charge in [0.1, 0.15) is 5.52 Å². The second kappa shape index (κ2) is 4.47. The molecule has 0 saturated heterocycles. The van der Waals surface area contributed by atoms with Crippen molar-refractivity contribution in [3.05, 3.63) is 39.2 Å². The summed E-state index contributed by atoms with van der Waals surface area (Å²) in [4.78, 5) is 16.2. The molecule has 0 saturated carbocycles. The molecule has 3 rings (SSSR count). The van der Waals surface area contributed by atoms with E-state index in [0.717, 1.165) is 14.2 Å². The number of carboxylic acid groups (broad SMARTS) is 1. The summed E-state index contributed by atoms with van der Waals surface area (Å²) < 4.78 is 6.67. The Kier molecular flexibility index (Phi) is 2.91. The first-order valence-corrected chi connectivity index (χ1v) is 7.06. The molecule has 0 aliphatic heterocycles. The van der Waals surface area contributed by atoms with Gasteiger partial charge in [0.25, 0.3) is 0 Å². The van der Waals surface area contributed by atoms with E-state index in [1.54, 1.807) is 6.07 Å².